The van der Waals surface area contributed by atoms with E-state index < -0.39 is 0 Å². The first kappa shape index (κ1) is 17.7. The summed E-state index contributed by atoms with van der Waals surface area (Å²) in [7, 11) is 4.03. The lowest BCUT2D eigenvalue weighted by Gasteiger charge is -2.17. The Morgan fingerprint density at radius 3 is 2.76 bits per heavy atom. The number of halogens is 1. The number of rotatable bonds is 8. The number of nitrogens with zero attached hydrogens (tertiary/aromatic N) is 2. The average molecular weight is 313 g/mol. The number of nitrogens with one attached hydrogen (secondary N) is 2. The number of carbonyl (C=O) groups excluding carboxylic acids is 1. The Balaban J connectivity index is 2.66. The summed E-state index contributed by atoms with van der Waals surface area (Å²) < 4.78 is 0. The van der Waals surface area contributed by atoms with Gasteiger partial charge in [-0.2, -0.15) is 0 Å². The molecule has 0 aromatic carbocycles. The van der Waals surface area contributed by atoms with Crippen molar-refractivity contribution in [2.75, 3.05) is 32.5 Å². The zero-order valence-electron chi connectivity index (χ0n) is 13.2. The molecule has 1 unspecified atom stereocenters. The SMILES string of the molecule is CCCNc1cc(C(=O)NC(C)CCN(C)C)cc(Cl)n1. The molecule has 6 heteroatoms. The van der Waals surface area contributed by atoms with Crippen LogP contribution in [0.4, 0.5) is 5.82 Å². The Morgan fingerprint density at radius 2 is 2.14 bits per heavy atom. The fourth-order valence-electron chi connectivity index (χ4n) is 1.80. The van der Waals surface area contributed by atoms with Crippen molar-refractivity contribution in [3.05, 3.63) is 22.8 Å². The van der Waals surface area contributed by atoms with Gasteiger partial charge in [0.25, 0.3) is 5.91 Å². The fraction of sp³-hybridized carbons (Fsp3) is 0.600. The summed E-state index contributed by atoms with van der Waals surface area (Å²) in [4.78, 5) is 18.5. The Kier molecular flexibility index (Phi) is 7.47. The van der Waals surface area contributed by atoms with Crippen LogP contribution in [0, 0.1) is 0 Å². The minimum atomic E-state index is -0.120. The maximum Gasteiger partial charge on any atom is 0.251 e. The largest absolute Gasteiger partial charge is 0.370 e. The Hall–Kier alpha value is -1.33. The van der Waals surface area contributed by atoms with Gasteiger partial charge in [0.2, 0.25) is 0 Å². The molecule has 2 N–H and O–H groups in total. The molecule has 0 radical (unpaired) electrons. The van der Waals surface area contributed by atoms with Crippen molar-refractivity contribution in [2.24, 2.45) is 0 Å². The molecule has 0 spiro atoms. The summed E-state index contributed by atoms with van der Waals surface area (Å²) in [6.07, 6.45) is 1.88. The number of hydrogen-bond acceptors (Lipinski definition) is 4. The lowest BCUT2D eigenvalue weighted by atomic mass is 10.2. The van der Waals surface area contributed by atoms with E-state index in [0.29, 0.717) is 16.5 Å². The van der Waals surface area contributed by atoms with Crippen LogP contribution in [0.2, 0.25) is 5.15 Å². The van der Waals surface area contributed by atoms with Gasteiger partial charge in [-0.05, 0) is 52.5 Å². The topological polar surface area (TPSA) is 57.3 Å². The summed E-state index contributed by atoms with van der Waals surface area (Å²) in [5.41, 5.74) is 0.533. The summed E-state index contributed by atoms with van der Waals surface area (Å²) in [6, 6.07) is 3.43. The molecule has 0 aliphatic rings. The number of amides is 1. The van der Waals surface area contributed by atoms with E-state index in [4.69, 9.17) is 11.6 Å². The van der Waals surface area contributed by atoms with Crippen molar-refractivity contribution in [1.82, 2.24) is 15.2 Å². The first-order valence-electron chi connectivity index (χ1n) is 7.29. The smallest absolute Gasteiger partial charge is 0.251 e. The molecule has 5 nitrogen and oxygen atoms in total. The van der Waals surface area contributed by atoms with Crippen molar-refractivity contribution in [2.45, 2.75) is 32.7 Å². The summed E-state index contributed by atoms with van der Waals surface area (Å²) in [5.74, 6) is 0.514. The molecule has 0 fully saturated rings. The third-order valence-corrected chi connectivity index (χ3v) is 3.19. The lowest BCUT2D eigenvalue weighted by molar-refractivity contribution is 0.0936. The van der Waals surface area contributed by atoms with Gasteiger partial charge >= 0.3 is 0 Å². The standard InChI is InChI=1S/C15H25ClN4O/c1-5-7-17-14-10-12(9-13(16)19-14)15(21)18-11(2)6-8-20(3)4/h9-11H,5-8H2,1-4H3,(H,17,19)(H,18,21). The zero-order valence-corrected chi connectivity index (χ0v) is 14.0. The van der Waals surface area contributed by atoms with Gasteiger partial charge in [0.05, 0.1) is 0 Å². The van der Waals surface area contributed by atoms with Crippen LogP contribution in [0.15, 0.2) is 12.1 Å². The first-order chi connectivity index (χ1) is 9.92. The average Bonchev–Trinajstić information content (AvgIpc) is 2.42. The number of pyridine rings is 1. The molecule has 1 atom stereocenters. The van der Waals surface area contributed by atoms with Crippen LogP contribution >= 0.6 is 11.6 Å². The van der Waals surface area contributed by atoms with E-state index in [-0.39, 0.29) is 11.9 Å². The monoisotopic (exact) mass is 312 g/mol. The van der Waals surface area contributed by atoms with E-state index in [9.17, 15) is 4.79 Å². The molecular formula is C15H25ClN4O. The third kappa shape index (κ3) is 6.78. The second-order valence-corrected chi connectivity index (χ2v) is 5.84. The number of anilines is 1. The van der Waals surface area contributed by atoms with Crippen LogP contribution < -0.4 is 10.6 Å². The predicted octanol–water partition coefficient (Wildman–Crippen LogP) is 2.63. The molecule has 0 bridgehead atoms. The van der Waals surface area contributed by atoms with Crippen LogP contribution in [-0.4, -0.2) is 49.0 Å². The van der Waals surface area contributed by atoms with E-state index >= 15 is 0 Å². The normalized spacial score (nSPS) is 12.3. The molecule has 1 heterocycles. The second kappa shape index (κ2) is 8.85. The van der Waals surface area contributed by atoms with Gasteiger partial charge in [0, 0.05) is 18.2 Å². The molecule has 0 saturated heterocycles. The molecular weight excluding hydrogens is 288 g/mol. The quantitative estimate of drug-likeness (QED) is 0.725. The minimum absolute atomic E-state index is 0.110. The highest BCUT2D eigenvalue weighted by molar-refractivity contribution is 6.29. The molecule has 1 aromatic heterocycles. The zero-order chi connectivity index (χ0) is 15.8. The predicted molar refractivity (Wildman–Crippen MR) is 88.1 cm³/mol. The van der Waals surface area contributed by atoms with Gasteiger partial charge in [-0.15, -0.1) is 0 Å². The molecule has 1 amide bonds. The Bertz CT molecular complexity index is 465. The molecule has 0 aliphatic carbocycles. The van der Waals surface area contributed by atoms with Crippen molar-refractivity contribution >= 4 is 23.3 Å². The first-order valence-corrected chi connectivity index (χ1v) is 7.67. The van der Waals surface area contributed by atoms with Gasteiger partial charge in [-0.1, -0.05) is 18.5 Å². The molecule has 1 rings (SSSR count). The Labute approximate surface area is 132 Å². The van der Waals surface area contributed by atoms with Gasteiger partial charge < -0.3 is 15.5 Å². The molecule has 1 aromatic rings. The lowest BCUT2D eigenvalue weighted by Crippen LogP contribution is -2.34. The highest BCUT2D eigenvalue weighted by Crippen LogP contribution is 2.15. The minimum Gasteiger partial charge on any atom is -0.370 e. The summed E-state index contributed by atoms with van der Waals surface area (Å²) in [5, 5.41) is 6.45. The van der Waals surface area contributed by atoms with Gasteiger partial charge in [0.1, 0.15) is 11.0 Å². The summed E-state index contributed by atoms with van der Waals surface area (Å²) in [6.45, 7) is 5.80. The summed E-state index contributed by atoms with van der Waals surface area (Å²) >= 11 is 5.97. The van der Waals surface area contributed by atoms with Gasteiger partial charge in [-0.25, -0.2) is 4.98 Å². The van der Waals surface area contributed by atoms with Crippen LogP contribution in [0.1, 0.15) is 37.0 Å². The second-order valence-electron chi connectivity index (χ2n) is 5.46. The third-order valence-electron chi connectivity index (χ3n) is 3.00. The number of carbonyl (C=O) groups is 1. The number of hydrogen-bond donors (Lipinski definition) is 2. The highest BCUT2D eigenvalue weighted by Gasteiger charge is 2.12. The number of aromatic nitrogens is 1. The van der Waals surface area contributed by atoms with E-state index in [1.165, 1.54) is 0 Å². The van der Waals surface area contributed by atoms with Crippen LogP contribution in [0.5, 0.6) is 0 Å². The van der Waals surface area contributed by atoms with Crippen molar-refractivity contribution in [3.63, 3.8) is 0 Å². The van der Waals surface area contributed by atoms with E-state index in [0.717, 1.165) is 25.9 Å². The van der Waals surface area contributed by atoms with Crippen molar-refractivity contribution in [1.29, 1.82) is 0 Å². The van der Waals surface area contributed by atoms with Crippen molar-refractivity contribution < 1.29 is 4.79 Å². The van der Waals surface area contributed by atoms with E-state index in [2.05, 4.69) is 27.4 Å². The molecule has 21 heavy (non-hydrogen) atoms. The molecule has 0 aliphatic heterocycles. The Morgan fingerprint density at radius 1 is 1.43 bits per heavy atom. The molecule has 118 valence electrons. The maximum absolute atomic E-state index is 12.2. The van der Waals surface area contributed by atoms with Crippen LogP contribution in [-0.2, 0) is 0 Å². The van der Waals surface area contributed by atoms with Crippen LogP contribution in [0.25, 0.3) is 0 Å². The van der Waals surface area contributed by atoms with Gasteiger partial charge in [0.15, 0.2) is 0 Å². The van der Waals surface area contributed by atoms with Crippen molar-refractivity contribution in [3.8, 4) is 0 Å². The highest BCUT2D eigenvalue weighted by atomic mass is 35.5. The fourth-order valence-corrected chi connectivity index (χ4v) is 2.01. The maximum atomic E-state index is 12.2. The molecule has 0 saturated carbocycles. The van der Waals surface area contributed by atoms with Crippen LogP contribution in [0.3, 0.4) is 0 Å². The van der Waals surface area contributed by atoms with E-state index in [1.54, 1.807) is 12.1 Å². The van der Waals surface area contributed by atoms with E-state index in [1.807, 2.05) is 21.0 Å². The van der Waals surface area contributed by atoms with Gasteiger partial charge in [-0.3, -0.25) is 4.79 Å².